The highest BCUT2D eigenvalue weighted by Crippen LogP contribution is 2.49. The molecule has 0 spiro atoms. The van der Waals surface area contributed by atoms with Crippen LogP contribution in [-0.4, -0.2) is 7.05 Å². The van der Waals surface area contributed by atoms with E-state index in [0.717, 1.165) is 28.4 Å². The van der Waals surface area contributed by atoms with Gasteiger partial charge in [0.05, 0.1) is 34.1 Å². The maximum atomic E-state index is 5.92. The fraction of sp³-hybridized carbons (Fsp3) is 0.0870. The molecule has 52 heavy (non-hydrogen) atoms. The SMILES string of the molecule is CN(c1ccccc1)c1ccccc1N.Cc1cc(C2Nc3ccccc3N2c2ccccc2)cc(C2Nc3ccccc3N2c2ccccc2)c1. The first-order valence-corrected chi connectivity index (χ1v) is 17.7. The minimum Gasteiger partial charge on any atom is -0.397 e. The molecule has 0 bridgehead atoms. The summed E-state index contributed by atoms with van der Waals surface area (Å²) in [5.74, 6) is 0. The zero-order chi connectivity index (χ0) is 35.4. The highest BCUT2D eigenvalue weighted by Gasteiger charge is 2.34. The van der Waals surface area contributed by atoms with Crippen molar-refractivity contribution in [1.82, 2.24) is 0 Å². The van der Waals surface area contributed by atoms with E-state index in [0.29, 0.717) is 0 Å². The first-order chi connectivity index (χ1) is 25.5. The Labute approximate surface area is 306 Å². The van der Waals surface area contributed by atoms with Crippen molar-refractivity contribution in [2.24, 2.45) is 0 Å². The Morgan fingerprint density at radius 1 is 0.500 bits per heavy atom. The van der Waals surface area contributed by atoms with Gasteiger partial charge in [0.25, 0.3) is 0 Å². The molecule has 0 saturated carbocycles. The van der Waals surface area contributed by atoms with Crippen molar-refractivity contribution in [3.63, 3.8) is 0 Å². The van der Waals surface area contributed by atoms with Crippen LogP contribution in [-0.2, 0) is 0 Å². The molecule has 0 fully saturated rings. The third-order valence-corrected chi connectivity index (χ3v) is 9.69. The monoisotopic (exact) mass is 678 g/mol. The van der Waals surface area contributed by atoms with Crippen LogP contribution in [0.4, 0.5) is 51.2 Å². The van der Waals surface area contributed by atoms with E-state index in [2.05, 4.69) is 172 Å². The number of nitrogens with two attached hydrogens (primary N) is 1. The average molecular weight is 679 g/mol. The lowest BCUT2D eigenvalue weighted by Gasteiger charge is -2.30. The van der Waals surface area contributed by atoms with Gasteiger partial charge in [-0.3, -0.25) is 0 Å². The van der Waals surface area contributed by atoms with Gasteiger partial charge in [0.2, 0.25) is 0 Å². The maximum Gasteiger partial charge on any atom is 0.130 e. The van der Waals surface area contributed by atoms with E-state index in [1.807, 2.05) is 49.5 Å². The molecule has 0 amide bonds. The molecule has 7 aromatic rings. The van der Waals surface area contributed by atoms with Crippen LogP contribution in [0.3, 0.4) is 0 Å². The zero-order valence-corrected chi connectivity index (χ0v) is 29.4. The fourth-order valence-corrected chi connectivity index (χ4v) is 7.27. The number of hydrogen-bond acceptors (Lipinski definition) is 6. The van der Waals surface area contributed by atoms with Gasteiger partial charge in [0.15, 0.2) is 0 Å². The fourth-order valence-electron chi connectivity index (χ4n) is 7.27. The van der Waals surface area contributed by atoms with E-state index in [1.54, 1.807) is 0 Å². The van der Waals surface area contributed by atoms with Crippen molar-refractivity contribution in [3.05, 3.63) is 199 Å². The molecule has 6 nitrogen and oxygen atoms in total. The van der Waals surface area contributed by atoms with Crippen LogP contribution < -0.4 is 31.1 Å². The molecule has 2 aliphatic heterocycles. The standard InChI is InChI=1S/C33H28N4.C13H14N2/c1-23-20-24(32-34-28-16-8-10-18-30(28)36(32)26-12-4-2-5-13-26)22-25(21-23)33-35-29-17-9-11-19-31(29)37(33)27-14-6-3-7-15-27;1-15(11-7-3-2-4-8-11)13-10-6-5-9-12(13)14/h2-22,32-35H,1H3;2-10H,14H2,1H3. The number of para-hydroxylation sites is 9. The first kappa shape index (κ1) is 32.5. The molecule has 7 aromatic carbocycles. The lowest BCUT2D eigenvalue weighted by Crippen LogP contribution is -2.26. The van der Waals surface area contributed by atoms with Crippen molar-refractivity contribution in [2.45, 2.75) is 19.3 Å². The Kier molecular flexibility index (Phi) is 8.94. The van der Waals surface area contributed by atoms with Crippen molar-refractivity contribution in [1.29, 1.82) is 0 Å². The second-order valence-electron chi connectivity index (χ2n) is 13.2. The molecule has 0 aliphatic carbocycles. The molecular formula is C46H42N6. The molecule has 2 atom stereocenters. The predicted octanol–water partition coefficient (Wildman–Crippen LogP) is 11.6. The Morgan fingerprint density at radius 3 is 1.42 bits per heavy atom. The number of nitrogens with zero attached hydrogens (tertiary/aromatic N) is 3. The molecular weight excluding hydrogens is 637 g/mol. The highest BCUT2D eigenvalue weighted by atomic mass is 15.3. The van der Waals surface area contributed by atoms with Crippen LogP contribution in [0.5, 0.6) is 0 Å². The Bertz CT molecular complexity index is 2160. The number of rotatable bonds is 6. The van der Waals surface area contributed by atoms with Crippen molar-refractivity contribution in [2.75, 3.05) is 38.1 Å². The summed E-state index contributed by atoms with van der Waals surface area (Å²) < 4.78 is 0. The average Bonchev–Trinajstić information content (AvgIpc) is 3.79. The molecule has 2 unspecified atom stereocenters. The molecule has 0 aromatic heterocycles. The largest absolute Gasteiger partial charge is 0.397 e. The second kappa shape index (κ2) is 14.3. The molecule has 6 heteroatoms. The van der Waals surface area contributed by atoms with E-state index in [9.17, 15) is 0 Å². The summed E-state index contributed by atoms with van der Waals surface area (Å²) in [5.41, 5.74) is 19.6. The zero-order valence-electron chi connectivity index (χ0n) is 29.4. The predicted molar refractivity (Wildman–Crippen MR) is 219 cm³/mol. The van der Waals surface area contributed by atoms with Gasteiger partial charge in [-0.05, 0) is 96.9 Å². The molecule has 4 N–H and O–H groups in total. The van der Waals surface area contributed by atoms with E-state index >= 15 is 0 Å². The Morgan fingerprint density at radius 2 is 0.923 bits per heavy atom. The van der Waals surface area contributed by atoms with Gasteiger partial charge < -0.3 is 31.1 Å². The van der Waals surface area contributed by atoms with Crippen LogP contribution in [0, 0.1) is 6.92 Å². The summed E-state index contributed by atoms with van der Waals surface area (Å²) in [6.07, 6.45) is -0.0141. The van der Waals surface area contributed by atoms with Crippen LogP contribution in [0.2, 0.25) is 0 Å². The molecule has 256 valence electrons. The number of anilines is 9. The number of nitrogen functional groups attached to an aromatic ring is 1. The van der Waals surface area contributed by atoms with Gasteiger partial charge in [-0.15, -0.1) is 0 Å². The van der Waals surface area contributed by atoms with Crippen LogP contribution in [0.25, 0.3) is 0 Å². The van der Waals surface area contributed by atoms with Gasteiger partial charge in [-0.1, -0.05) is 109 Å². The van der Waals surface area contributed by atoms with E-state index < -0.39 is 0 Å². The summed E-state index contributed by atoms with van der Waals surface area (Å²) >= 11 is 0. The quantitative estimate of drug-likeness (QED) is 0.152. The summed E-state index contributed by atoms with van der Waals surface area (Å²) in [4.78, 5) is 6.88. The second-order valence-corrected chi connectivity index (χ2v) is 13.2. The number of nitrogens with one attached hydrogen (secondary N) is 2. The maximum absolute atomic E-state index is 5.92. The van der Waals surface area contributed by atoms with Crippen LogP contribution in [0.1, 0.15) is 29.0 Å². The minimum absolute atomic E-state index is 0.00703. The Hall–Kier alpha value is -6.66. The van der Waals surface area contributed by atoms with E-state index in [4.69, 9.17) is 5.73 Å². The van der Waals surface area contributed by atoms with E-state index in [-0.39, 0.29) is 12.3 Å². The summed E-state index contributed by atoms with van der Waals surface area (Å²) in [5, 5.41) is 7.59. The van der Waals surface area contributed by atoms with Crippen molar-refractivity contribution in [3.8, 4) is 0 Å². The normalized spacial score (nSPS) is 15.4. The van der Waals surface area contributed by atoms with Gasteiger partial charge >= 0.3 is 0 Å². The smallest absolute Gasteiger partial charge is 0.130 e. The Balaban J connectivity index is 0.000000216. The van der Waals surface area contributed by atoms with Crippen LogP contribution in [0.15, 0.2) is 182 Å². The lowest BCUT2D eigenvalue weighted by molar-refractivity contribution is 0.798. The highest BCUT2D eigenvalue weighted by molar-refractivity contribution is 5.85. The molecule has 0 saturated heterocycles. The van der Waals surface area contributed by atoms with Crippen molar-refractivity contribution >= 4 is 51.2 Å². The minimum atomic E-state index is -0.00703. The topological polar surface area (TPSA) is 59.8 Å². The summed E-state index contributed by atoms with van der Waals surface area (Å²) in [6, 6.07) is 63.4. The first-order valence-electron chi connectivity index (χ1n) is 17.7. The van der Waals surface area contributed by atoms with Crippen molar-refractivity contribution < 1.29 is 0 Å². The van der Waals surface area contributed by atoms with Gasteiger partial charge in [-0.25, -0.2) is 0 Å². The lowest BCUT2D eigenvalue weighted by atomic mass is 10.0. The molecule has 2 heterocycles. The van der Waals surface area contributed by atoms with Gasteiger partial charge in [0.1, 0.15) is 12.3 Å². The number of benzene rings is 7. The molecule has 2 aliphatic rings. The van der Waals surface area contributed by atoms with Crippen LogP contribution >= 0.6 is 0 Å². The van der Waals surface area contributed by atoms with Gasteiger partial charge in [0, 0.05) is 24.1 Å². The number of fused-ring (bicyclic) bond motifs is 2. The van der Waals surface area contributed by atoms with E-state index in [1.165, 1.54) is 39.4 Å². The third kappa shape index (κ3) is 6.38. The molecule has 9 rings (SSSR count). The number of aryl methyl sites for hydroxylation is 1. The third-order valence-electron chi connectivity index (χ3n) is 9.69. The molecule has 0 radical (unpaired) electrons. The van der Waals surface area contributed by atoms with Gasteiger partial charge in [-0.2, -0.15) is 0 Å². The number of hydrogen-bond donors (Lipinski definition) is 3. The summed E-state index contributed by atoms with van der Waals surface area (Å²) in [7, 11) is 2.01. The summed E-state index contributed by atoms with van der Waals surface area (Å²) in [6.45, 7) is 2.19.